The maximum absolute atomic E-state index is 13.0. The molecule has 2 atom stereocenters. The van der Waals surface area contributed by atoms with E-state index >= 15 is 0 Å². The molecule has 0 bridgehead atoms. The van der Waals surface area contributed by atoms with Crippen molar-refractivity contribution in [3.8, 4) is 11.8 Å². The van der Waals surface area contributed by atoms with Crippen molar-refractivity contribution in [3.05, 3.63) is 71.8 Å². The van der Waals surface area contributed by atoms with E-state index in [0.29, 0.717) is 0 Å². The number of ether oxygens (including phenoxy) is 2. The van der Waals surface area contributed by atoms with Gasteiger partial charge >= 0.3 is 12.1 Å². The molecule has 0 aromatic heterocycles. The maximum atomic E-state index is 13.0. The van der Waals surface area contributed by atoms with Crippen LogP contribution in [-0.4, -0.2) is 34.5 Å². The van der Waals surface area contributed by atoms with Crippen molar-refractivity contribution in [2.24, 2.45) is 5.92 Å². The Bertz CT molecular complexity index is 1010. The van der Waals surface area contributed by atoms with Crippen LogP contribution in [0.15, 0.2) is 60.7 Å². The summed E-state index contributed by atoms with van der Waals surface area (Å²) in [6.45, 7) is 5.18. The molecule has 1 heterocycles. The van der Waals surface area contributed by atoms with Crippen molar-refractivity contribution in [2.75, 3.05) is 0 Å². The second-order valence-corrected chi connectivity index (χ2v) is 8.60. The SMILES string of the molecule is CC(C)(C)OC(=O)N1C(=O)[C@H](CC#Cc2ccccc2)C[C@H]1C(=O)OCc1ccccc1. The standard InChI is InChI=1S/C26H27NO5/c1-26(2,3)32-25(30)27-22(24(29)31-18-20-13-8-5-9-14-20)17-21(23(27)28)16-10-15-19-11-6-4-7-12-19/h4-9,11-14,21-22H,16-18H2,1-3H3/t21-,22+/m1/s1. The highest BCUT2D eigenvalue weighted by Crippen LogP contribution is 2.30. The van der Waals surface area contributed by atoms with Crippen molar-refractivity contribution < 1.29 is 23.9 Å². The Morgan fingerprint density at radius 3 is 2.28 bits per heavy atom. The fraction of sp³-hybridized carbons (Fsp3) is 0.346. The molecule has 0 unspecified atom stereocenters. The summed E-state index contributed by atoms with van der Waals surface area (Å²) in [7, 11) is 0. The molecule has 0 N–H and O–H groups in total. The van der Waals surface area contributed by atoms with Crippen LogP contribution in [0.2, 0.25) is 0 Å². The Balaban J connectivity index is 1.74. The van der Waals surface area contributed by atoms with Gasteiger partial charge in [0.1, 0.15) is 18.2 Å². The van der Waals surface area contributed by atoms with Gasteiger partial charge in [0.25, 0.3) is 0 Å². The van der Waals surface area contributed by atoms with Gasteiger partial charge in [-0.05, 0) is 44.9 Å². The van der Waals surface area contributed by atoms with Gasteiger partial charge in [-0.1, -0.05) is 60.4 Å². The summed E-state index contributed by atoms with van der Waals surface area (Å²) in [5.74, 6) is 4.32. The first-order valence-corrected chi connectivity index (χ1v) is 10.5. The molecule has 1 aliphatic heterocycles. The third-order valence-electron chi connectivity index (χ3n) is 4.85. The van der Waals surface area contributed by atoms with E-state index < -0.39 is 35.5 Å². The van der Waals surface area contributed by atoms with E-state index in [1.165, 1.54) is 0 Å². The highest BCUT2D eigenvalue weighted by atomic mass is 16.6. The number of carbonyl (C=O) groups excluding carboxylic acids is 3. The molecule has 0 radical (unpaired) electrons. The van der Waals surface area contributed by atoms with Crippen LogP contribution in [0.25, 0.3) is 0 Å². The van der Waals surface area contributed by atoms with Crippen molar-refractivity contribution in [1.82, 2.24) is 4.90 Å². The molecule has 0 saturated carbocycles. The minimum absolute atomic E-state index is 0.0605. The summed E-state index contributed by atoms with van der Waals surface area (Å²) >= 11 is 0. The lowest BCUT2D eigenvalue weighted by molar-refractivity contribution is -0.152. The molecule has 0 spiro atoms. The minimum Gasteiger partial charge on any atom is -0.459 e. The van der Waals surface area contributed by atoms with Gasteiger partial charge in [-0.15, -0.1) is 0 Å². The molecular weight excluding hydrogens is 406 g/mol. The molecule has 2 amide bonds. The summed E-state index contributed by atoms with van der Waals surface area (Å²) in [6.07, 6.45) is -0.465. The first-order valence-electron chi connectivity index (χ1n) is 10.5. The Kier molecular flexibility index (Phi) is 7.32. The van der Waals surface area contributed by atoms with E-state index in [9.17, 15) is 14.4 Å². The number of nitrogens with zero attached hydrogens (tertiary/aromatic N) is 1. The molecule has 1 saturated heterocycles. The fourth-order valence-electron chi connectivity index (χ4n) is 3.35. The largest absolute Gasteiger partial charge is 0.459 e. The molecular formula is C26H27NO5. The molecule has 1 aliphatic rings. The highest BCUT2D eigenvalue weighted by molar-refractivity contribution is 6.00. The number of likely N-dealkylation sites (tertiary alicyclic amines) is 1. The van der Waals surface area contributed by atoms with E-state index in [0.717, 1.165) is 16.0 Å². The number of rotatable bonds is 4. The quantitative estimate of drug-likeness (QED) is 0.530. The van der Waals surface area contributed by atoms with E-state index in [4.69, 9.17) is 9.47 Å². The zero-order valence-corrected chi connectivity index (χ0v) is 18.5. The molecule has 6 heteroatoms. The Morgan fingerprint density at radius 1 is 1.03 bits per heavy atom. The number of carbonyl (C=O) groups is 3. The average Bonchev–Trinajstić information content (AvgIpc) is 3.09. The zero-order chi connectivity index (χ0) is 23.1. The molecule has 166 valence electrons. The van der Waals surface area contributed by atoms with E-state index in [-0.39, 0.29) is 19.4 Å². The lowest BCUT2D eigenvalue weighted by Gasteiger charge is -2.26. The first-order chi connectivity index (χ1) is 15.2. The van der Waals surface area contributed by atoms with Gasteiger partial charge < -0.3 is 9.47 Å². The van der Waals surface area contributed by atoms with Crippen molar-refractivity contribution in [1.29, 1.82) is 0 Å². The Morgan fingerprint density at radius 2 is 1.66 bits per heavy atom. The smallest absolute Gasteiger partial charge is 0.417 e. The number of hydrogen-bond donors (Lipinski definition) is 0. The molecule has 3 rings (SSSR count). The topological polar surface area (TPSA) is 72.9 Å². The van der Waals surface area contributed by atoms with Gasteiger partial charge in [0.2, 0.25) is 5.91 Å². The summed E-state index contributed by atoms with van der Waals surface area (Å²) in [4.78, 5) is 39.5. The van der Waals surface area contributed by atoms with E-state index in [2.05, 4.69) is 11.8 Å². The van der Waals surface area contributed by atoms with Crippen LogP contribution in [0, 0.1) is 17.8 Å². The number of amides is 2. The van der Waals surface area contributed by atoms with Crippen LogP contribution in [0.5, 0.6) is 0 Å². The van der Waals surface area contributed by atoms with E-state index in [1.54, 1.807) is 20.8 Å². The molecule has 2 aromatic carbocycles. The normalized spacial score (nSPS) is 18.0. The van der Waals surface area contributed by atoms with E-state index in [1.807, 2.05) is 60.7 Å². The molecule has 6 nitrogen and oxygen atoms in total. The molecule has 2 aromatic rings. The Labute approximate surface area is 188 Å². The third-order valence-corrected chi connectivity index (χ3v) is 4.85. The van der Waals surface area contributed by atoms with Crippen LogP contribution < -0.4 is 0 Å². The lowest BCUT2D eigenvalue weighted by Crippen LogP contribution is -2.46. The van der Waals surface area contributed by atoms with Gasteiger partial charge in [-0.2, -0.15) is 0 Å². The predicted molar refractivity (Wildman–Crippen MR) is 119 cm³/mol. The number of imide groups is 1. The van der Waals surface area contributed by atoms with Crippen LogP contribution in [0.1, 0.15) is 44.7 Å². The van der Waals surface area contributed by atoms with Crippen LogP contribution >= 0.6 is 0 Å². The third kappa shape index (κ3) is 6.21. The minimum atomic E-state index is -1.04. The van der Waals surface area contributed by atoms with Gasteiger partial charge in [0, 0.05) is 12.0 Å². The second-order valence-electron chi connectivity index (χ2n) is 8.60. The second kappa shape index (κ2) is 10.1. The summed E-state index contributed by atoms with van der Waals surface area (Å²) < 4.78 is 10.8. The Hall–Kier alpha value is -3.59. The fourth-order valence-corrected chi connectivity index (χ4v) is 3.35. The highest BCUT2D eigenvalue weighted by Gasteiger charge is 2.48. The summed E-state index contributed by atoms with van der Waals surface area (Å²) in [6, 6.07) is 17.6. The monoisotopic (exact) mass is 433 g/mol. The first kappa shape index (κ1) is 23.1. The van der Waals surface area contributed by atoms with Gasteiger partial charge in [0.15, 0.2) is 0 Å². The predicted octanol–water partition coefficient (Wildman–Crippen LogP) is 4.32. The number of benzene rings is 2. The van der Waals surface area contributed by atoms with Gasteiger partial charge in [0.05, 0.1) is 5.92 Å². The lowest BCUT2D eigenvalue weighted by atomic mass is 10.0. The summed E-state index contributed by atoms with van der Waals surface area (Å²) in [5, 5.41) is 0. The molecule has 0 aliphatic carbocycles. The number of hydrogen-bond acceptors (Lipinski definition) is 5. The van der Waals surface area contributed by atoms with Crippen molar-refractivity contribution >= 4 is 18.0 Å². The van der Waals surface area contributed by atoms with Crippen LogP contribution in [0.3, 0.4) is 0 Å². The average molecular weight is 434 g/mol. The van der Waals surface area contributed by atoms with Gasteiger partial charge in [-0.3, -0.25) is 4.79 Å². The maximum Gasteiger partial charge on any atom is 0.417 e. The summed E-state index contributed by atoms with van der Waals surface area (Å²) in [5.41, 5.74) is 0.848. The van der Waals surface area contributed by atoms with Gasteiger partial charge in [-0.25, -0.2) is 14.5 Å². The van der Waals surface area contributed by atoms with Crippen molar-refractivity contribution in [2.45, 2.75) is 51.9 Å². The molecule has 32 heavy (non-hydrogen) atoms. The van der Waals surface area contributed by atoms with Crippen LogP contribution in [0.4, 0.5) is 4.79 Å². The molecule has 1 fully saturated rings. The number of esters is 1. The zero-order valence-electron chi connectivity index (χ0n) is 18.5. The van der Waals surface area contributed by atoms with Crippen LogP contribution in [-0.2, 0) is 25.7 Å². The van der Waals surface area contributed by atoms with Crippen molar-refractivity contribution in [3.63, 3.8) is 0 Å².